The lowest BCUT2D eigenvalue weighted by Gasteiger charge is -2.60. The lowest BCUT2D eigenvalue weighted by Crippen LogP contribution is -2.71. The predicted octanol–water partition coefficient (Wildman–Crippen LogP) is 1.14. The molecule has 0 aromatic rings. The third kappa shape index (κ3) is 3.28. The number of fused-ring (bicyclic) bond motifs is 1. The fourth-order valence-corrected chi connectivity index (χ4v) is 4.74. The van der Waals surface area contributed by atoms with E-state index in [0.29, 0.717) is 24.7 Å². The summed E-state index contributed by atoms with van der Waals surface area (Å²) in [6, 6.07) is 0.391. The number of hydrogen-bond donors (Lipinski definition) is 3. The Hall–Kier alpha value is -0.850. The molecule has 0 spiro atoms. The van der Waals surface area contributed by atoms with E-state index in [-0.39, 0.29) is 17.4 Å². The maximum Gasteiger partial charge on any atom is 0.191 e. The van der Waals surface area contributed by atoms with Gasteiger partial charge >= 0.3 is 0 Å². The lowest BCUT2D eigenvalue weighted by atomic mass is 9.55. The van der Waals surface area contributed by atoms with Crippen LogP contribution in [0.1, 0.15) is 39.5 Å². The summed E-state index contributed by atoms with van der Waals surface area (Å²) in [6.07, 6.45) is 4.50. The van der Waals surface area contributed by atoms with Crippen molar-refractivity contribution < 1.29 is 14.6 Å². The van der Waals surface area contributed by atoms with E-state index in [1.165, 1.54) is 6.42 Å². The van der Waals surface area contributed by atoms with E-state index >= 15 is 0 Å². The molecule has 2 heterocycles. The molecule has 3 fully saturated rings. The van der Waals surface area contributed by atoms with Gasteiger partial charge in [0.2, 0.25) is 0 Å². The number of nitrogens with one attached hydrogen (secondary N) is 2. The molecule has 3 N–H and O–H groups in total. The van der Waals surface area contributed by atoms with Crippen LogP contribution < -0.4 is 10.6 Å². The van der Waals surface area contributed by atoms with Crippen molar-refractivity contribution in [1.82, 2.24) is 10.6 Å². The first-order chi connectivity index (χ1) is 11.5. The minimum atomic E-state index is 0.0258. The predicted molar refractivity (Wildman–Crippen MR) is 94.1 cm³/mol. The molecular weight excluding hydrogens is 306 g/mol. The molecular formula is C18H33N3O3. The van der Waals surface area contributed by atoms with Gasteiger partial charge in [-0.3, -0.25) is 4.99 Å². The van der Waals surface area contributed by atoms with E-state index in [1.54, 1.807) is 0 Å². The average Bonchev–Trinajstić information content (AvgIpc) is 3.04. The second kappa shape index (κ2) is 7.18. The molecule has 0 aromatic carbocycles. The first-order valence-electron chi connectivity index (χ1n) is 9.30. The fraction of sp³-hybridized carbons (Fsp3) is 0.944. The number of aliphatic hydroxyl groups is 1. The summed E-state index contributed by atoms with van der Waals surface area (Å²) >= 11 is 0. The molecule has 3 rings (SSSR count). The molecule has 1 aliphatic carbocycles. The standard InChI is InChI=1S/C18H33N3O3/c1-17(2)14(13-5-4-9-24-15(13)17)21-16(19-3)20-11-18(6-8-22)7-10-23-12-18/h13-15,22H,4-12H2,1-3H3,(H2,19,20,21). The van der Waals surface area contributed by atoms with Crippen LogP contribution in [0, 0.1) is 16.7 Å². The molecule has 1 saturated carbocycles. The molecule has 3 aliphatic rings. The Labute approximate surface area is 145 Å². The van der Waals surface area contributed by atoms with Crippen LogP contribution in [0.15, 0.2) is 4.99 Å². The summed E-state index contributed by atoms with van der Waals surface area (Å²) < 4.78 is 11.6. The van der Waals surface area contributed by atoms with Gasteiger partial charge < -0.3 is 25.2 Å². The van der Waals surface area contributed by atoms with Gasteiger partial charge in [-0.1, -0.05) is 13.8 Å². The second-order valence-corrected chi connectivity index (χ2v) is 8.24. The van der Waals surface area contributed by atoms with E-state index in [1.807, 2.05) is 7.05 Å². The summed E-state index contributed by atoms with van der Waals surface area (Å²) in [5.74, 6) is 1.43. The second-order valence-electron chi connectivity index (χ2n) is 8.24. The van der Waals surface area contributed by atoms with Crippen LogP contribution in [0.2, 0.25) is 0 Å². The van der Waals surface area contributed by atoms with Gasteiger partial charge in [0.15, 0.2) is 5.96 Å². The van der Waals surface area contributed by atoms with E-state index in [9.17, 15) is 5.11 Å². The van der Waals surface area contributed by atoms with Crippen LogP contribution in [0.4, 0.5) is 0 Å². The van der Waals surface area contributed by atoms with E-state index < -0.39 is 0 Å². The smallest absolute Gasteiger partial charge is 0.191 e. The molecule has 2 saturated heterocycles. The molecule has 138 valence electrons. The Morgan fingerprint density at radius 2 is 2.17 bits per heavy atom. The van der Waals surface area contributed by atoms with Gasteiger partial charge in [0, 0.05) is 56.2 Å². The van der Waals surface area contributed by atoms with Crippen molar-refractivity contribution in [1.29, 1.82) is 0 Å². The molecule has 4 atom stereocenters. The van der Waals surface area contributed by atoms with Crippen molar-refractivity contribution in [2.24, 2.45) is 21.7 Å². The normalized spacial score (nSPS) is 38.3. The van der Waals surface area contributed by atoms with Gasteiger partial charge in [0.25, 0.3) is 0 Å². The Balaban J connectivity index is 1.57. The Kier molecular flexibility index (Phi) is 5.37. The molecule has 0 amide bonds. The number of ether oxygens (including phenoxy) is 2. The Morgan fingerprint density at radius 3 is 2.83 bits per heavy atom. The van der Waals surface area contributed by atoms with Crippen molar-refractivity contribution in [3.8, 4) is 0 Å². The van der Waals surface area contributed by atoms with Crippen molar-refractivity contribution >= 4 is 5.96 Å². The SMILES string of the molecule is CN=C(NCC1(CCO)CCOC1)NC1C2CCCOC2C1(C)C. The van der Waals surface area contributed by atoms with E-state index in [0.717, 1.165) is 45.0 Å². The third-order valence-corrected chi connectivity index (χ3v) is 6.30. The molecule has 24 heavy (non-hydrogen) atoms. The van der Waals surface area contributed by atoms with Crippen LogP contribution in [0.25, 0.3) is 0 Å². The van der Waals surface area contributed by atoms with Crippen LogP contribution in [-0.4, -0.2) is 63.2 Å². The summed E-state index contributed by atoms with van der Waals surface area (Å²) in [4.78, 5) is 4.42. The highest BCUT2D eigenvalue weighted by atomic mass is 16.5. The monoisotopic (exact) mass is 339 g/mol. The van der Waals surface area contributed by atoms with Crippen molar-refractivity contribution in [2.75, 3.05) is 40.0 Å². The molecule has 4 unspecified atom stereocenters. The topological polar surface area (TPSA) is 75.1 Å². The molecule has 0 aromatic heterocycles. The van der Waals surface area contributed by atoms with E-state index in [4.69, 9.17) is 9.47 Å². The van der Waals surface area contributed by atoms with Gasteiger partial charge in [-0.15, -0.1) is 0 Å². The summed E-state index contributed by atoms with van der Waals surface area (Å²) in [5.41, 5.74) is 0.153. The number of hydrogen-bond acceptors (Lipinski definition) is 4. The van der Waals surface area contributed by atoms with Gasteiger partial charge in [-0.2, -0.15) is 0 Å². The van der Waals surface area contributed by atoms with Crippen molar-refractivity contribution in [3.63, 3.8) is 0 Å². The number of nitrogens with zero attached hydrogens (tertiary/aromatic N) is 1. The maximum atomic E-state index is 9.36. The van der Waals surface area contributed by atoms with Gasteiger partial charge in [0.05, 0.1) is 12.7 Å². The minimum absolute atomic E-state index is 0.0258. The van der Waals surface area contributed by atoms with Crippen molar-refractivity contribution in [2.45, 2.75) is 51.7 Å². The minimum Gasteiger partial charge on any atom is -0.396 e. The number of rotatable bonds is 5. The van der Waals surface area contributed by atoms with Gasteiger partial charge in [0.1, 0.15) is 0 Å². The highest BCUT2D eigenvalue weighted by molar-refractivity contribution is 5.80. The summed E-state index contributed by atoms with van der Waals surface area (Å²) in [6.45, 7) is 7.94. The van der Waals surface area contributed by atoms with Gasteiger partial charge in [-0.25, -0.2) is 0 Å². The summed E-state index contributed by atoms with van der Waals surface area (Å²) in [7, 11) is 1.82. The zero-order chi connectivity index (χ0) is 17.2. The van der Waals surface area contributed by atoms with Crippen LogP contribution in [0.3, 0.4) is 0 Å². The Bertz CT molecular complexity index is 460. The van der Waals surface area contributed by atoms with Crippen molar-refractivity contribution in [3.05, 3.63) is 0 Å². The number of aliphatic hydroxyl groups excluding tert-OH is 1. The third-order valence-electron chi connectivity index (χ3n) is 6.30. The lowest BCUT2D eigenvalue weighted by molar-refractivity contribution is -0.188. The first kappa shape index (κ1) is 18.0. The van der Waals surface area contributed by atoms with Crippen LogP contribution in [-0.2, 0) is 9.47 Å². The van der Waals surface area contributed by atoms with Gasteiger partial charge in [-0.05, 0) is 25.7 Å². The quantitative estimate of drug-likeness (QED) is 0.517. The molecule has 6 nitrogen and oxygen atoms in total. The highest BCUT2D eigenvalue weighted by Gasteiger charge is 2.58. The van der Waals surface area contributed by atoms with E-state index in [2.05, 4.69) is 29.5 Å². The number of aliphatic imine (C=N–C) groups is 1. The zero-order valence-corrected chi connectivity index (χ0v) is 15.3. The van der Waals surface area contributed by atoms with Crippen LogP contribution >= 0.6 is 0 Å². The molecule has 0 bridgehead atoms. The largest absolute Gasteiger partial charge is 0.396 e. The molecule has 0 radical (unpaired) electrons. The highest BCUT2D eigenvalue weighted by Crippen LogP contribution is 2.51. The molecule has 6 heteroatoms. The number of guanidine groups is 1. The maximum absolute atomic E-state index is 9.36. The fourth-order valence-electron chi connectivity index (χ4n) is 4.74. The summed E-state index contributed by atoms with van der Waals surface area (Å²) in [5, 5.41) is 16.5. The van der Waals surface area contributed by atoms with Crippen LogP contribution in [0.5, 0.6) is 0 Å². The zero-order valence-electron chi connectivity index (χ0n) is 15.3. The first-order valence-corrected chi connectivity index (χ1v) is 9.30. The Morgan fingerprint density at radius 1 is 1.33 bits per heavy atom. The average molecular weight is 339 g/mol. The molecule has 2 aliphatic heterocycles.